The Kier molecular flexibility index (Phi) is 4.16. The van der Waals surface area contributed by atoms with Crippen LogP contribution in [0.2, 0.25) is 0 Å². The van der Waals surface area contributed by atoms with Crippen LogP contribution in [0.5, 0.6) is 0 Å². The van der Waals surface area contributed by atoms with E-state index in [4.69, 9.17) is 0 Å². The highest BCUT2D eigenvalue weighted by Gasteiger charge is 2.22. The fraction of sp³-hybridized carbons (Fsp3) is 0.312. The zero-order valence-electron chi connectivity index (χ0n) is 10.9. The number of hydrogen-bond acceptors (Lipinski definition) is 3. The molecule has 0 fully saturated rings. The summed E-state index contributed by atoms with van der Waals surface area (Å²) in [5.41, 5.74) is 2.67. The molecule has 19 heavy (non-hydrogen) atoms. The van der Waals surface area contributed by atoms with Crippen LogP contribution in [0.25, 0.3) is 0 Å². The standard InChI is InChI=1S/C16H18N2S/c1-2-6-14(7-3-1)19-12-11-17-15-9-8-13-5-4-10-18-16(13)15/h1-7,10,15,17H,8-9,11-12H2. The van der Waals surface area contributed by atoms with Crippen molar-refractivity contribution in [1.82, 2.24) is 10.3 Å². The van der Waals surface area contributed by atoms with Gasteiger partial charge in [-0.1, -0.05) is 24.3 Å². The first-order chi connectivity index (χ1) is 9.43. The van der Waals surface area contributed by atoms with E-state index in [1.165, 1.54) is 22.6 Å². The van der Waals surface area contributed by atoms with Crippen LogP contribution in [-0.2, 0) is 6.42 Å². The van der Waals surface area contributed by atoms with Crippen LogP contribution in [0.3, 0.4) is 0 Å². The van der Waals surface area contributed by atoms with Gasteiger partial charge in [0.1, 0.15) is 0 Å². The molecular formula is C16H18N2S. The summed E-state index contributed by atoms with van der Waals surface area (Å²) < 4.78 is 0. The predicted octanol–water partition coefficient (Wildman–Crippen LogP) is 3.45. The molecule has 1 aromatic carbocycles. The maximum Gasteiger partial charge on any atom is 0.0605 e. The summed E-state index contributed by atoms with van der Waals surface area (Å²) >= 11 is 1.90. The van der Waals surface area contributed by atoms with Crippen LogP contribution in [0.4, 0.5) is 0 Å². The average molecular weight is 270 g/mol. The summed E-state index contributed by atoms with van der Waals surface area (Å²) in [6, 6.07) is 15.2. The molecule has 1 unspecified atom stereocenters. The number of aromatic nitrogens is 1. The van der Waals surface area contributed by atoms with Crippen molar-refractivity contribution in [2.75, 3.05) is 12.3 Å². The van der Waals surface area contributed by atoms with Crippen LogP contribution < -0.4 is 5.32 Å². The number of aryl methyl sites for hydroxylation is 1. The largest absolute Gasteiger partial charge is 0.308 e. The molecule has 3 heteroatoms. The van der Waals surface area contributed by atoms with Gasteiger partial charge in [0.25, 0.3) is 0 Å². The minimum Gasteiger partial charge on any atom is -0.308 e. The lowest BCUT2D eigenvalue weighted by Crippen LogP contribution is -2.22. The van der Waals surface area contributed by atoms with E-state index in [1.807, 2.05) is 24.0 Å². The average Bonchev–Trinajstić information content (AvgIpc) is 2.88. The molecule has 1 heterocycles. The first kappa shape index (κ1) is 12.7. The summed E-state index contributed by atoms with van der Waals surface area (Å²) in [7, 11) is 0. The molecule has 0 saturated carbocycles. The highest BCUT2D eigenvalue weighted by Crippen LogP contribution is 2.28. The van der Waals surface area contributed by atoms with E-state index >= 15 is 0 Å². The first-order valence-electron chi connectivity index (χ1n) is 6.78. The molecule has 0 radical (unpaired) electrons. The molecular weight excluding hydrogens is 252 g/mol. The van der Waals surface area contributed by atoms with Crippen LogP contribution >= 0.6 is 11.8 Å². The minimum absolute atomic E-state index is 0.451. The number of thioether (sulfide) groups is 1. The topological polar surface area (TPSA) is 24.9 Å². The Morgan fingerprint density at radius 1 is 1.16 bits per heavy atom. The van der Waals surface area contributed by atoms with Crippen LogP contribution in [0.15, 0.2) is 53.6 Å². The number of hydrogen-bond donors (Lipinski definition) is 1. The lowest BCUT2D eigenvalue weighted by molar-refractivity contribution is 0.542. The summed E-state index contributed by atoms with van der Waals surface area (Å²) in [5, 5.41) is 3.62. The van der Waals surface area contributed by atoms with Gasteiger partial charge < -0.3 is 5.32 Å². The number of fused-ring (bicyclic) bond motifs is 1. The van der Waals surface area contributed by atoms with Crippen LogP contribution in [0, 0.1) is 0 Å². The van der Waals surface area contributed by atoms with Gasteiger partial charge in [-0.15, -0.1) is 11.8 Å². The maximum absolute atomic E-state index is 4.51. The number of nitrogens with zero attached hydrogens (tertiary/aromatic N) is 1. The van der Waals surface area contributed by atoms with Gasteiger partial charge in [0.2, 0.25) is 0 Å². The fourth-order valence-corrected chi connectivity index (χ4v) is 3.34. The minimum atomic E-state index is 0.451. The van der Waals surface area contributed by atoms with E-state index in [-0.39, 0.29) is 0 Å². The second kappa shape index (κ2) is 6.22. The molecule has 1 N–H and O–H groups in total. The van der Waals surface area contributed by atoms with Crippen molar-refractivity contribution in [3.63, 3.8) is 0 Å². The van der Waals surface area contributed by atoms with Crippen molar-refractivity contribution in [3.8, 4) is 0 Å². The molecule has 1 atom stereocenters. The second-order valence-electron chi connectivity index (χ2n) is 4.75. The third-order valence-corrected chi connectivity index (χ3v) is 4.48. The Balaban J connectivity index is 1.47. The Labute approximate surface area is 118 Å². The molecule has 2 nitrogen and oxygen atoms in total. The number of pyridine rings is 1. The SMILES string of the molecule is c1ccc(SCCNC2CCc3cccnc32)cc1. The van der Waals surface area contributed by atoms with Gasteiger partial charge in [0, 0.05) is 23.4 Å². The molecule has 1 aromatic heterocycles. The Morgan fingerprint density at radius 2 is 2.05 bits per heavy atom. The lowest BCUT2D eigenvalue weighted by Gasteiger charge is -2.12. The molecule has 3 rings (SSSR count). The van der Waals surface area contributed by atoms with Gasteiger partial charge >= 0.3 is 0 Å². The first-order valence-corrected chi connectivity index (χ1v) is 7.77. The van der Waals surface area contributed by atoms with Gasteiger partial charge in [-0.05, 0) is 36.6 Å². The van der Waals surface area contributed by atoms with Crippen molar-refractivity contribution in [3.05, 3.63) is 59.9 Å². The monoisotopic (exact) mass is 270 g/mol. The third-order valence-electron chi connectivity index (χ3n) is 3.46. The molecule has 1 aliphatic carbocycles. The molecule has 98 valence electrons. The van der Waals surface area contributed by atoms with E-state index < -0.39 is 0 Å². The number of benzene rings is 1. The zero-order chi connectivity index (χ0) is 12.9. The van der Waals surface area contributed by atoms with Crippen molar-refractivity contribution in [1.29, 1.82) is 0 Å². The van der Waals surface area contributed by atoms with E-state index in [0.29, 0.717) is 6.04 Å². The predicted molar refractivity (Wildman–Crippen MR) is 80.5 cm³/mol. The molecule has 0 amide bonds. The van der Waals surface area contributed by atoms with Gasteiger partial charge in [0.05, 0.1) is 11.7 Å². The van der Waals surface area contributed by atoms with Crippen LogP contribution in [0.1, 0.15) is 23.7 Å². The van der Waals surface area contributed by atoms with Crippen molar-refractivity contribution in [2.45, 2.75) is 23.8 Å². The smallest absolute Gasteiger partial charge is 0.0605 e. The van der Waals surface area contributed by atoms with Crippen molar-refractivity contribution < 1.29 is 0 Å². The summed E-state index contributed by atoms with van der Waals surface area (Å²) in [4.78, 5) is 5.85. The molecule has 0 aliphatic heterocycles. The van der Waals surface area contributed by atoms with Gasteiger partial charge in [-0.25, -0.2) is 0 Å². The van der Waals surface area contributed by atoms with Gasteiger partial charge in [-0.3, -0.25) is 4.98 Å². The molecule has 2 aromatic rings. The number of nitrogens with one attached hydrogen (secondary N) is 1. The van der Waals surface area contributed by atoms with Crippen molar-refractivity contribution >= 4 is 11.8 Å². The number of rotatable bonds is 5. The Morgan fingerprint density at radius 3 is 2.95 bits per heavy atom. The van der Waals surface area contributed by atoms with E-state index in [1.54, 1.807) is 0 Å². The summed E-state index contributed by atoms with van der Waals surface area (Å²) in [6.45, 7) is 1.03. The quantitative estimate of drug-likeness (QED) is 0.665. The van der Waals surface area contributed by atoms with Crippen LogP contribution in [-0.4, -0.2) is 17.3 Å². The van der Waals surface area contributed by atoms with E-state index in [9.17, 15) is 0 Å². The Hall–Kier alpha value is -1.32. The van der Waals surface area contributed by atoms with E-state index in [2.05, 4.69) is 46.7 Å². The highest BCUT2D eigenvalue weighted by atomic mass is 32.2. The molecule has 0 bridgehead atoms. The van der Waals surface area contributed by atoms with Gasteiger partial charge in [0.15, 0.2) is 0 Å². The summed E-state index contributed by atoms with van der Waals surface area (Å²) in [6.07, 6.45) is 4.24. The Bertz CT molecular complexity index is 527. The second-order valence-corrected chi connectivity index (χ2v) is 5.92. The molecule has 0 spiro atoms. The fourth-order valence-electron chi connectivity index (χ4n) is 2.53. The van der Waals surface area contributed by atoms with Crippen molar-refractivity contribution in [2.24, 2.45) is 0 Å². The molecule has 1 aliphatic rings. The molecule has 0 saturated heterocycles. The normalized spacial score (nSPS) is 17.4. The maximum atomic E-state index is 4.51. The van der Waals surface area contributed by atoms with Gasteiger partial charge in [-0.2, -0.15) is 0 Å². The highest BCUT2D eigenvalue weighted by molar-refractivity contribution is 7.99. The third kappa shape index (κ3) is 3.17. The lowest BCUT2D eigenvalue weighted by atomic mass is 10.2. The zero-order valence-corrected chi connectivity index (χ0v) is 11.7. The summed E-state index contributed by atoms with van der Waals surface area (Å²) in [5.74, 6) is 1.10. The van der Waals surface area contributed by atoms with E-state index in [0.717, 1.165) is 18.7 Å².